The molecule has 2 rings (SSSR count). The lowest BCUT2D eigenvalue weighted by atomic mass is 10.0. The molecule has 1 aromatic rings. The number of anilines is 1. The van der Waals surface area contributed by atoms with Crippen molar-refractivity contribution in [2.75, 3.05) is 18.0 Å². The molecule has 1 aliphatic rings. The van der Waals surface area contributed by atoms with Crippen molar-refractivity contribution in [1.82, 2.24) is 15.3 Å². The minimum Gasteiger partial charge on any atom is -0.352 e. The van der Waals surface area contributed by atoms with Gasteiger partial charge >= 0.3 is 0 Å². The Balaban J connectivity index is 2.07. The monoisotopic (exact) mass is 248 g/mol. The molecule has 1 N–H and O–H groups in total. The minimum atomic E-state index is 0.543. The van der Waals surface area contributed by atoms with Gasteiger partial charge in [-0.05, 0) is 26.2 Å². The highest BCUT2D eigenvalue weighted by atomic mass is 15.2. The number of piperidine rings is 1. The largest absolute Gasteiger partial charge is 0.352 e. The van der Waals surface area contributed by atoms with Gasteiger partial charge in [-0.25, -0.2) is 9.97 Å². The number of hydrogen-bond donors (Lipinski definition) is 1. The van der Waals surface area contributed by atoms with Gasteiger partial charge in [-0.3, -0.25) is 0 Å². The zero-order chi connectivity index (χ0) is 13.0. The van der Waals surface area contributed by atoms with Crippen LogP contribution in [0.15, 0.2) is 12.4 Å². The third-order valence-corrected chi connectivity index (χ3v) is 3.47. The molecule has 0 bridgehead atoms. The summed E-state index contributed by atoms with van der Waals surface area (Å²) < 4.78 is 0. The van der Waals surface area contributed by atoms with E-state index in [9.17, 15) is 0 Å². The molecular formula is C14H24N4. The summed E-state index contributed by atoms with van der Waals surface area (Å²) in [6.45, 7) is 8.57. The molecule has 1 atom stereocenters. The Labute approximate surface area is 110 Å². The van der Waals surface area contributed by atoms with Crippen molar-refractivity contribution < 1.29 is 0 Å². The highest BCUT2D eigenvalue weighted by Gasteiger charge is 2.23. The van der Waals surface area contributed by atoms with Crippen LogP contribution in [0.25, 0.3) is 0 Å². The maximum absolute atomic E-state index is 4.43. The molecule has 1 fully saturated rings. The molecular weight excluding hydrogens is 224 g/mol. The number of hydrogen-bond acceptors (Lipinski definition) is 4. The van der Waals surface area contributed by atoms with E-state index in [4.69, 9.17) is 0 Å². The Kier molecular flexibility index (Phi) is 4.53. The van der Waals surface area contributed by atoms with Crippen molar-refractivity contribution in [3.8, 4) is 0 Å². The van der Waals surface area contributed by atoms with Crippen LogP contribution >= 0.6 is 0 Å². The van der Waals surface area contributed by atoms with Crippen molar-refractivity contribution >= 4 is 5.82 Å². The quantitative estimate of drug-likeness (QED) is 0.886. The average molecular weight is 248 g/mol. The number of aryl methyl sites for hydroxylation is 1. The van der Waals surface area contributed by atoms with E-state index in [0.29, 0.717) is 12.1 Å². The number of nitrogens with one attached hydrogen (secondary N) is 1. The van der Waals surface area contributed by atoms with Crippen LogP contribution in [0.3, 0.4) is 0 Å². The summed E-state index contributed by atoms with van der Waals surface area (Å²) in [5.41, 5.74) is 1.04. The molecule has 4 heteroatoms. The molecule has 1 aliphatic heterocycles. The molecule has 100 valence electrons. The SMILES string of the molecule is Cc1cc(N2CCCCC2CNC(C)C)ncn1. The molecule has 0 amide bonds. The van der Waals surface area contributed by atoms with Gasteiger partial charge in [-0.15, -0.1) is 0 Å². The number of aromatic nitrogens is 2. The molecule has 1 saturated heterocycles. The summed E-state index contributed by atoms with van der Waals surface area (Å²) >= 11 is 0. The zero-order valence-corrected chi connectivity index (χ0v) is 11.7. The van der Waals surface area contributed by atoms with Gasteiger partial charge < -0.3 is 10.2 Å². The molecule has 0 radical (unpaired) electrons. The molecule has 0 aliphatic carbocycles. The molecule has 2 heterocycles. The predicted molar refractivity (Wildman–Crippen MR) is 74.9 cm³/mol. The Morgan fingerprint density at radius 1 is 1.39 bits per heavy atom. The van der Waals surface area contributed by atoms with Crippen LogP contribution in [0.1, 0.15) is 38.8 Å². The van der Waals surface area contributed by atoms with Gasteiger partial charge in [0.15, 0.2) is 0 Å². The Bertz CT molecular complexity index is 378. The van der Waals surface area contributed by atoms with E-state index in [1.807, 2.05) is 6.92 Å². The molecule has 0 aromatic carbocycles. The predicted octanol–water partition coefficient (Wildman–Crippen LogP) is 2.14. The lowest BCUT2D eigenvalue weighted by Crippen LogP contribution is -2.47. The van der Waals surface area contributed by atoms with Gasteiger partial charge in [0.25, 0.3) is 0 Å². The third kappa shape index (κ3) is 3.42. The third-order valence-electron chi connectivity index (χ3n) is 3.47. The van der Waals surface area contributed by atoms with E-state index < -0.39 is 0 Å². The first-order chi connectivity index (χ1) is 8.66. The summed E-state index contributed by atoms with van der Waals surface area (Å²) in [7, 11) is 0. The number of nitrogens with zero attached hydrogens (tertiary/aromatic N) is 3. The van der Waals surface area contributed by atoms with E-state index in [0.717, 1.165) is 24.6 Å². The van der Waals surface area contributed by atoms with Crippen molar-refractivity contribution in [3.63, 3.8) is 0 Å². The first kappa shape index (κ1) is 13.3. The molecule has 18 heavy (non-hydrogen) atoms. The number of rotatable bonds is 4. The van der Waals surface area contributed by atoms with E-state index in [1.54, 1.807) is 6.33 Å². The van der Waals surface area contributed by atoms with Gasteiger partial charge in [0.05, 0.1) is 0 Å². The van der Waals surface area contributed by atoms with Crippen LogP contribution in [0.2, 0.25) is 0 Å². The van der Waals surface area contributed by atoms with Gasteiger partial charge in [0.2, 0.25) is 0 Å². The van der Waals surface area contributed by atoms with Crippen LogP contribution in [0.5, 0.6) is 0 Å². The standard InChI is InChI=1S/C14H24N4/c1-11(2)15-9-13-6-4-5-7-18(13)14-8-12(3)16-10-17-14/h8,10-11,13,15H,4-7,9H2,1-3H3. The minimum absolute atomic E-state index is 0.543. The van der Waals surface area contributed by atoms with Crippen LogP contribution in [0.4, 0.5) is 5.82 Å². The summed E-state index contributed by atoms with van der Waals surface area (Å²) in [4.78, 5) is 11.0. The topological polar surface area (TPSA) is 41.0 Å². The van der Waals surface area contributed by atoms with Gasteiger partial charge in [-0.1, -0.05) is 13.8 Å². The van der Waals surface area contributed by atoms with Crippen molar-refractivity contribution in [3.05, 3.63) is 18.1 Å². The Morgan fingerprint density at radius 3 is 2.94 bits per heavy atom. The second-order valence-corrected chi connectivity index (χ2v) is 5.42. The van der Waals surface area contributed by atoms with E-state index in [2.05, 4.69) is 40.1 Å². The average Bonchev–Trinajstić information content (AvgIpc) is 2.36. The summed E-state index contributed by atoms with van der Waals surface area (Å²) in [6, 6.07) is 3.20. The zero-order valence-electron chi connectivity index (χ0n) is 11.7. The second kappa shape index (κ2) is 6.14. The molecule has 0 spiro atoms. The molecule has 0 saturated carbocycles. The molecule has 4 nitrogen and oxygen atoms in total. The van der Waals surface area contributed by atoms with Crippen molar-refractivity contribution in [1.29, 1.82) is 0 Å². The second-order valence-electron chi connectivity index (χ2n) is 5.42. The van der Waals surface area contributed by atoms with Crippen molar-refractivity contribution in [2.45, 2.75) is 52.1 Å². The van der Waals surface area contributed by atoms with E-state index in [-0.39, 0.29) is 0 Å². The van der Waals surface area contributed by atoms with Crippen molar-refractivity contribution in [2.24, 2.45) is 0 Å². The van der Waals surface area contributed by atoms with Gasteiger partial charge in [-0.2, -0.15) is 0 Å². The maximum atomic E-state index is 4.43. The van der Waals surface area contributed by atoms with E-state index >= 15 is 0 Å². The highest BCUT2D eigenvalue weighted by molar-refractivity contribution is 5.40. The Hall–Kier alpha value is -1.16. The summed E-state index contributed by atoms with van der Waals surface area (Å²) in [6.07, 6.45) is 5.52. The fourth-order valence-electron chi connectivity index (χ4n) is 2.48. The fraction of sp³-hybridized carbons (Fsp3) is 0.714. The maximum Gasteiger partial charge on any atom is 0.132 e. The van der Waals surface area contributed by atoms with E-state index in [1.165, 1.54) is 19.3 Å². The van der Waals surface area contributed by atoms with Crippen LogP contribution in [0, 0.1) is 6.92 Å². The lowest BCUT2D eigenvalue weighted by Gasteiger charge is -2.37. The highest BCUT2D eigenvalue weighted by Crippen LogP contribution is 2.22. The molecule has 1 unspecified atom stereocenters. The normalized spacial score (nSPS) is 20.4. The Morgan fingerprint density at radius 2 is 2.22 bits per heavy atom. The summed E-state index contributed by atoms with van der Waals surface area (Å²) in [5, 5.41) is 3.54. The van der Waals surface area contributed by atoms with Gasteiger partial charge in [0.1, 0.15) is 12.1 Å². The van der Waals surface area contributed by atoms with Gasteiger partial charge in [0, 0.05) is 36.9 Å². The van der Waals surface area contributed by atoms with Crippen LogP contribution in [-0.2, 0) is 0 Å². The lowest BCUT2D eigenvalue weighted by molar-refractivity contribution is 0.418. The van der Waals surface area contributed by atoms with Crippen LogP contribution < -0.4 is 10.2 Å². The summed E-state index contributed by atoms with van der Waals surface area (Å²) in [5.74, 6) is 1.08. The first-order valence-corrected chi connectivity index (χ1v) is 6.95. The fourth-order valence-corrected chi connectivity index (χ4v) is 2.48. The first-order valence-electron chi connectivity index (χ1n) is 6.95. The smallest absolute Gasteiger partial charge is 0.132 e. The van der Waals surface area contributed by atoms with Crippen LogP contribution in [-0.4, -0.2) is 35.1 Å². The molecule has 1 aromatic heterocycles.